The van der Waals surface area contributed by atoms with Crippen molar-refractivity contribution in [2.45, 2.75) is 25.0 Å². The van der Waals surface area contributed by atoms with Crippen LogP contribution in [-0.2, 0) is 4.74 Å². The molecule has 1 aromatic carbocycles. The molecule has 2 N–H and O–H groups in total. The van der Waals surface area contributed by atoms with Crippen molar-refractivity contribution in [3.05, 3.63) is 58.0 Å². The lowest BCUT2D eigenvalue weighted by atomic mass is 9.88. The summed E-state index contributed by atoms with van der Waals surface area (Å²) in [6, 6.07) is 11.2. The topological polar surface area (TPSA) is 48.9 Å². The molecule has 3 rings (SSSR count). The fraction of sp³-hybridized carbons (Fsp3) is 0.500. The van der Waals surface area contributed by atoms with Crippen LogP contribution >= 0.6 is 35.3 Å². The van der Waals surface area contributed by atoms with Gasteiger partial charge in [-0.2, -0.15) is 0 Å². The van der Waals surface area contributed by atoms with E-state index in [2.05, 4.69) is 45.1 Å². The van der Waals surface area contributed by atoms with Crippen LogP contribution in [0.5, 0.6) is 0 Å². The van der Waals surface area contributed by atoms with Crippen LogP contribution in [0.1, 0.15) is 35.4 Å². The van der Waals surface area contributed by atoms with Gasteiger partial charge in [-0.1, -0.05) is 18.2 Å². The summed E-state index contributed by atoms with van der Waals surface area (Å²) in [5.41, 5.74) is 0.934. The SMILES string of the molecule is CN=C(NCC(OC)c1ccc(F)cc1)NCC1CCCN(C)C1c1cccs1.I. The van der Waals surface area contributed by atoms with Gasteiger partial charge in [-0.25, -0.2) is 4.39 Å². The largest absolute Gasteiger partial charge is 0.375 e. The van der Waals surface area contributed by atoms with E-state index in [1.807, 2.05) is 11.3 Å². The van der Waals surface area contributed by atoms with Crippen molar-refractivity contribution in [2.75, 3.05) is 40.8 Å². The first-order valence-electron chi connectivity index (χ1n) is 10.1. The molecule has 0 radical (unpaired) electrons. The van der Waals surface area contributed by atoms with E-state index in [0.29, 0.717) is 18.5 Å². The zero-order valence-corrected chi connectivity index (χ0v) is 21.0. The first-order valence-corrected chi connectivity index (χ1v) is 11.0. The van der Waals surface area contributed by atoms with Crippen molar-refractivity contribution in [1.82, 2.24) is 15.5 Å². The molecule has 5 nitrogen and oxygen atoms in total. The van der Waals surface area contributed by atoms with E-state index in [0.717, 1.165) is 24.6 Å². The van der Waals surface area contributed by atoms with Crippen molar-refractivity contribution < 1.29 is 9.13 Å². The molecule has 1 aliphatic rings. The van der Waals surface area contributed by atoms with Gasteiger partial charge in [0.15, 0.2) is 5.96 Å². The van der Waals surface area contributed by atoms with Crippen LogP contribution < -0.4 is 10.6 Å². The monoisotopic (exact) mass is 546 g/mol. The zero-order chi connectivity index (χ0) is 20.6. The fourth-order valence-corrected chi connectivity index (χ4v) is 5.02. The Morgan fingerprint density at radius 1 is 1.30 bits per heavy atom. The second kappa shape index (κ2) is 12.6. The summed E-state index contributed by atoms with van der Waals surface area (Å²) in [6.07, 6.45) is 2.24. The summed E-state index contributed by atoms with van der Waals surface area (Å²) >= 11 is 1.83. The zero-order valence-electron chi connectivity index (χ0n) is 17.8. The molecule has 0 bridgehead atoms. The average molecular weight is 546 g/mol. The van der Waals surface area contributed by atoms with Crippen molar-refractivity contribution >= 4 is 41.3 Å². The van der Waals surface area contributed by atoms with Crippen molar-refractivity contribution in [2.24, 2.45) is 10.9 Å². The quantitative estimate of drug-likeness (QED) is 0.307. The van der Waals surface area contributed by atoms with Gasteiger partial charge < -0.3 is 15.4 Å². The minimum Gasteiger partial charge on any atom is -0.375 e. The van der Waals surface area contributed by atoms with Crippen molar-refractivity contribution in [3.63, 3.8) is 0 Å². The molecular formula is C22H32FIN4OS. The summed E-state index contributed by atoms with van der Waals surface area (Å²) in [6.45, 7) is 2.56. The third-order valence-electron chi connectivity index (χ3n) is 5.58. The minimum absolute atomic E-state index is 0. The molecule has 1 saturated heterocycles. The molecular weight excluding hydrogens is 514 g/mol. The average Bonchev–Trinajstić information content (AvgIpc) is 3.26. The van der Waals surface area contributed by atoms with E-state index in [-0.39, 0.29) is 35.9 Å². The number of thiophene rings is 1. The van der Waals surface area contributed by atoms with Gasteiger partial charge in [-0.05, 0) is 61.5 Å². The molecule has 0 spiro atoms. The highest BCUT2D eigenvalue weighted by atomic mass is 127. The van der Waals surface area contributed by atoms with Crippen LogP contribution in [0.15, 0.2) is 46.8 Å². The lowest BCUT2D eigenvalue weighted by Gasteiger charge is -2.39. The number of hydrogen-bond donors (Lipinski definition) is 2. The van der Waals surface area contributed by atoms with E-state index < -0.39 is 0 Å². The van der Waals surface area contributed by atoms with Crippen LogP contribution in [-0.4, -0.2) is 51.7 Å². The van der Waals surface area contributed by atoms with Gasteiger partial charge in [0.05, 0.1) is 6.10 Å². The molecule has 166 valence electrons. The normalized spacial score (nSPS) is 21.0. The van der Waals surface area contributed by atoms with E-state index in [1.165, 1.54) is 29.9 Å². The van der Waals surface area contributed by atoms with E-state index in [1.54, 1.807) is 26.3 Å². The number of ether oxygens (including phenoxy) is 1. The lowest BCUT2D eigenvalue weighted by Crippen LogP contribution is -2.45. The minimum atomic E-state index is -0.244. The molecule has 8 heteroatoms. The second-order valence-corrected chi connectivity index (χ2v) is 8.43. The highest BCUT2D eigenvalue weighted by molar-refractivity contribution is 14.0. The predicted molar refractivity (Wildman–Crippen MR) is 133 cm³/mol. The highest BCUT2D eigenvalue weighted by Crippen LogP contribution is 2.36. The Morgan fingerprint density at radius 2 is 2.07 bits per heavy atom. The molecule has 1 fully saturated rings. The molecule has 3 atom stereocenters. The smallest absolute Gasteiger partial charge is 0.191 e. The predicted octanol–water partition coefficient (Wildman–Crippen LogP) is 4.44. The number of benzene rings is 1. The Morgan fingerprint density at radius 3 is 2.70 bits per heavy atom. The number of guanidine groups is 1. The Hall–Kier alpha value is -1.23. The Kier molecular flexibility index (Phi) is 10.5. The fourth-order valence-electron chi connectivity index (χ4n) is 4.03. The molecule has 1 aliphatic heterocycles. The summed E-state index contributed by atoms with van der Waals surface area (Å²) in [5, 5.41) is 8.99. The van der Waals surface area contributed by atoms with Crippen molar-refractivity contribution in [1.29, 1.82) is 0 Å². The van der Waals surface area contributed by atoms with Gasteiger partial charge in [-0.3, -0.25) is 9.89 Å². The summed E-state index contributed by atoms with van der Waals surface area (Å²) in [7, 11) is 5.66. The number of nitrogens with one attached hydrogen (secondary N) is 2. The molecule has 2 heterocycles. The van der Waals surface area contributed by atoms with Crippen LogP contribution in [0, 0.1) is 11.7 Å². The van der Waals surface area contributed by atoms with E-state index >= 15 is 0 Å². The number of nitrogens with zero attached hydrogens (tertiary/aromatic N) is 2. The summed E-state index contributed by atoms with van der Waals surface area (Å²) in [5.74, 6) is 1.04. The van der Waals surface area contributed by atoms with E-state index in [9.17, 15) is 4.39 Å². The van der Waals surface area contributed by atoms with Crippen LogP contribution in [0.4, 0.5) is 4.39 Å². The first kappa shape index (κ1) is 25.0. The third-order valence-corrected chi connectivity index (χ3v) is 6.52. The standard InChI is InChI=1S/C22H31FN4OS.HI/c1-24-22(26-15-19(28-3)16-8-10-18(23)11-9-16)25-14-17-6-4-12-27(2)21(17)20-7-5-13-29-20;/h5,7-11,13,17,19,21H,4,6,12,14-15H2,1-3H3,(H2,24,25,26);1H. The molecule has 0 aliphatic carbocycles. The first-order chi connectivity index (χ1) is 14.1. The number of halogens is 2. The van der Waals surface area contributed by atoms with Gasteiger partial charge in [0.2, 0.25) is 0 Å². The number of hydrogen-bond acceptors (Lipinski definition) is 4. The number of likely N-dealkylation sites (tertiary alicyclic amines) is 1. The molecule has 0 saturated carbocycles. The van der Waals surface area contributed by atoms with Gasteiger partial charge in [0.1, 0.15) is 5.82 Å². The number of methoxy groups -OCH3 is 1. The second-order valence-electron chi connectivity index (χ2n) is 7.45. The van der Waals surface area contributed by atoms with Crippen molar-refractivity contribution in [3.8, 4) is 0 Å². The van der Waals surface area contributed by atoms with Gasteiger partial charge >= 0.3 is 0 Å². The highest BCUT2D eigenvalue weighted by Gasteiger charge is 2.31. The third kappa shape index (κ3) is 6.63. The summed E-state index contributed by atoms with van der Waals surface area (Å²) < 4.78 is 18.7. The van der Waals surface area contributed by atoms with Gasteiger partial charge in [0.25, 0.3) is 0 Å². The molecule has 2 aromatic rings. The maximum atomic E-state index is 13.2. The Bertz CT molecular complexity index is 772. The van der Waals surface area contributed by atoms with E-state index in [4.69, 9.17) is 4.74 Å². The summed E-state index contributed by atoms with van der Waals surface area (Å²) in [4.78, 5) is 8.26. The number of rotatable bonds is 7. The van der Waals surface area contributed by atoms with Gasteiger partial charge in [0, 0.05) is 38.2 Å². The molecule has 1 aromatic heterocycles. The Labute approximate surface area is 200 Å². The van der Waals surface area contributed by atoms with Crippen LogP contribution in [0.2, 0.25) is 0 Å². The number of aliphatic imine (C=N–C) groups is 1. The maximum Gasteiger partial charge on any atom is 0.191 e. The lowest BCUT2D eigenvalue weighted by molar-refractivity contribution is 0.106. The molecule has 3 unspecified atom stereocenters. The van der Waals surface area contributed by atoms with Crippen LogP contribution in [0.3, 0.4) is 0 Å². The Balaban J connectivity index is 0.00000320. The maximum absolute atomic E-state index is 13.2. The van der Waals surface area contributed by atoms with Crippen LogP contribution in [0.25, 0.3) is 0 Å². The number of piperidine rings is 1. The molecule has 30 heavy (non-hydrogen) atoms. The molecule has 0 amide bonds. The van der Waals surface area contributed by atoms with Gasteiger partial charge in [-0.15, -0.1) is 35.3 Å².